The number of hydrogen-bond donors (Lipinski definition) is 0. The molecule has 0 amide bonds. The largest absolute Gasteiger partial charge is 0.481 e. The fourth-order valence-electron chi connectivity index (χ4n) is 10.7. The first-order chi connectivity index (χ1) is 16.6. The van der Waals surface area contributed by atoms with Crippen molar-refractivity contribution in [2.24, 2.45) is 45.7 Å². The summed E-state index contributed by atoms with van der Waals surface area (Å²) in [4.78, 5) is 0. The van der Waals surface area contributed by atoms with Crippen molar-refractivity contribution in [2.75, 3.05) is 6.61 Å². The minimum Gasteiger partial charge on any atom is -0.481 e. The summed E-state index contributed by atoms with van der Waals surface area (Å²) in [5.41, 5.74) is 0.614. The number of benzene rings is 1. The van der Waals surface area contributed by atoms with Crippen molar-refractivity contribution >= 4 is 19.3 Å². The highest BCUT2D eigenvalue weighted by atomic mass is 31.1. The van der Waals surface area contributed by atoms with Gasteiger partial charge in [0.15, 0.2) is 5.90 Å². The molecule has 8 fully saturated rings. The van der Waals surface area contributed by atoms with Crippen LogP contribution in [0.25, 0.3) is 0 Å². The summed E-state index contributed by atoms with van der Waals surface area (Å²) in [6, 6.07) is 11.4. The fourth-order valence-corrected chi connectivity index (χ4v) is 13.7. The van der Waals surface area contributed by atoms with Crippen molar-refractivity contribution in [1.29, 1.82) is 0 Å². The maximum absolute atomic E-state index is 6.39. The summed E-state index contributed by atoms with van der Waals surface area (Å²) >= 11 is 0. The molecule has 1 atom stereocenters. The molecule has 34 heavy (non-hydrogen) atoms. The van der Waals surface area contributed by atoms with Gasteiger partial charge in [-0.2, -0.15) is 0 Å². The Bertz CT molecular complexity index is 852. The molecule has 8 aliphatic carbocycles. The quantitative estimate of drug-likeness (QED) is 0.221. The molecule has 0 radical (unpaired) electrons. The smallest absolute Gasteiger partial charge is 0.187 e. The minimum atomic E-state index is -0.563. The van der Waals surface area contributed by atoms with Crippen LogP contribution in [0.2, 0.25) is 0 Å². The maximum atomic E-state index is 6.39. The topological polar surface area (TPSA) is 21.6 Å². The summed E-state index contributed by atoms with van der Waals surface area (Å²) in [5, 5.41) is 1.94. The van der Waals surface area contributed by atoms with Crippen LogP contribution in [0.5, 0.6) is 0 Å². The van der Waals surface area contributed by atoms with Crippen LogP contribution in [0.15, 0.2) is 35.1 Å². The zero-order valence-electron chi connectivity index (χ0n) is 21.3. The predicted molar refractivity (Wildman–Crippen MR) is 143 cm³/mol. The second kappa shape index (κ2) is 8.61. The van der Waals surface area contributed by atoms with Crippen molar-refractivity contribution in [2.45, 2.75) is 102 Å². The summed E-state index contributed by atoms with van der Waals surface area (Å²) in [5.74, 6) is 7.13. The molecule has 0 N–H and O–H groups in total. The van der Waals surface area contributed by atoms with Crippen LogP contribution in [0.3, 0.4) is 0 Å². The van der Waals surface area contributed by atoms with Crippen LogP contribution in [0, 0.1) is 40.9 Å². The summed E-state index contributed by atoms with van der Waals surface area (Å²) in [6.07, 6.45) is 20.3. The Morgan fingerprint density at radius 1 is 0.794 bits per heavy atom. The van der Waals surface area contributed by atoms with E-state index in [1.165, 1.54) is 88.8 Å². The number of ether oxygens (including phenoxy) is 1. The van der Waals surface area contributed by atoms with Crippen molar-refractivity contribution in [3.8, 4) is 0 Å². The molecule has 2 nitrogen and oxygen atoms in total. The van der Waals surface area contributed by atoms with E-state index < -0.39 is 8.07 Å². The molecular weight excluding hydrogens is 433 g/mol. The van der Waals surface area contributed by atoms with Crippen molar-refractivity contribution < 1.29 is 4.74 Å². The van der Waals surface area contributed by atoms with Gasteiger partial charge in [0.2, 0.25) is 0 Å². The maximum Gasteiger partial charge on any atom is 0.187 e. The van der Waals surface area contributed by atoms with Crippen LogP contribution in [0.4, 0.5) is 0 Å². The molecule has 1 aromatic carbocycles. The molecular formula is C31H44NOP. The first kappa shape index (κ1) is 22.3. The lowest BCUT2D eigenvalue weighted by molar-refractivity contribution is -0.0566. The van der Waals surface area contributed by atoms with Crippen LogP contribution in [-0.2, 0) is 4.74 Å². The highest BCUT2D eigenvalue weighted by Gasteiger charge is 2.55. The number of nitrogens with zero attached hydrogens (tertiary/aromatic N) is 1. The van der Waals surface area contributed by atoms with E-state index in [9.17, 15) is 0 Å². The van der Waals surface area contributed by atoms with Gasteiger partial charge in [-0.05, 0) is 137 Å². The van der Waals surface area contributed by atoms with Crippen molar-refractivity contribution in [1.82, 2.24) is 0 Å². The van der Waals surface area contributed by atoms with Gasteiger partial charge in [0.25, 0.3) is 0 Å². The van der Waals surface area contributed by atoms with Gasteiger partial charge in [0.05, 0.1) is 14.7 Å². The molecule has 0 saturated heterocycles. The normalized spacial score (nSPS) is 45.0. The number of rotatable bonds is 7. The average molecular weight is 478 g/mol. The van der Waals surface area contributed by atoms with E-state index in [1.807, 2.05) is 0 Å². The third kappa shape index (κ3) is 3.99. The Labute approximate surface area is 208 Å². The lowest BCUT2D eigenvalue weighted by atomic mass is 9.48. The molecule has 0 aromatic heterocycles. The highest BCUT2D eigenvalue weighted by Crippen LogP contribution is 2.69. The summed E-state index contributed by atoms with van der Waals surface area (Å²) in [7, 11) is -0.563. The molecule has 0 spiro atoms. The average Bonchev–Trinajstić information content (AvgIpc) is 2.79. The van der Waals surface area contributed by atoms with Crippen molar-refractivity contribution in [3.05, 3.63) is 30.3 Å². The van der Waals surface area contributed by atoms with Gasteiger partial charge in [-0.25, -0.2) is 4.76 Å². The molecule has 1 aromatic rings. The summed E-state index contributed by atoms with van der Waals surface area (Å²) < 4.78 is 12.1. The second-order valence-corrected chi connectivity index (χ2v) is 15.9. The molecule has 8 saturated carbocycles. The van der Waals surface area contributed by atoms with Gasteiger partial charge < -0.3 is 4.74 Å². The van der Waals surface area contributed by atoms with E-state index in [4.69, 9.17) is 9.50 Å². The van der Waals surface area contributed by atoms with Gasteiger partial charge in [-0.15, -0.1) is 0 Å². The first-order valence-electron chi connectivity index (χ1n) is 14.7. The second-order valence-electron chi connectivity index (χ2n) is 13.6. The van der Waals surface area contributed by atoms with Gasteiger partial charge in [0.1, 0.15) is 0 Å². The summed E-state index contributed by atoms with van der Waals surface area (Å²) in [6.45, 7) is 2.92. The molecule has 184 valence electrons. The molecule has 0 aliphatic heterocycles. The third-order valence-corrected chi connectivity index (χ3v) is 13.7. The van der Waals surface area contributed by atoms with Gasteiger partial charge in [-0.3, -0.25) is 0 Å². The Hall–Kier alpha value is -0.880. The molecule has 8 bridgehead atoms. The standard InChI is InChI=1S/C31H44NOP/c1-2-33-29(8-9-30-16-22-10-23(17-30)12-24(11-22)18-30)32-34(28-6-4-3-5-7-28)31-19-25-13-26(20-31)15-27(14-25)21-31/h3-7,22-27H,2,8-21H2,1H3/b32-29-. The molecule has 3 heteroatoms. The number of hydrogen-bond acceptors (Lipinski definition) is 2. The van der Waals surface area contributed by atoms with Gasteiger partial charge >= 0.3 is 0 Å². The van der Waals surface area contributed by atoms with E-state index in [-0.39, 0.29) is 0 Å². The van der Waals surface area contributed by atoms with Crippen LogP contribution >= 0.6 is 8.07 Å². The Morgan fingerprint density at radius 3 is 1.79 bits per heavy atom. The molecule has 8 aliphatic rings. The highest BCUT2D eigenvalue weighted by molar-refractivity contribution is 7.66. The fraction of sp³-hybridized carbons (Fsp3) is 0.774. The van der Waals surface area contributed by atoms with Crippen LogP contribution < -0.4 is 5.30 Å². The SMILES string of the molecule is CCO/C(CCC12CC3CC(CC(C3)C1)C2)=N\P(c1ccccc1)C12CC3CC(CC(C3)C1)C2. The predicted octanol–water partition coefficient (Wildman–Crippen LogP) is 8.11. The molecule has 0 heterocycles. The Balaban J connectivity index is 1.18. The molecule has 1 unspecified atom stereocenters. The van der Waals surface area contributed by atoms with E-state index >= 15 is 0 Å². The Kier molecular flexibility index (Phi) is 5.65. The lowest BCUT2D eigenvalue weighted by Gasteiger charge is -2.58. The zero-order chi connectivity index (χ0) is 22.8. The van der Waals surface area contributed by atoms with Crippen LogP contribution in [0.1, 0.15) is 96.8 Å². The van der Waals surface area contributed by atoms with E-state index in [0.717, 1.165) is 54.4 Å². The lowest BCUT2D eigenvalue weighted by Crippen LogP contribution is -2.50. The van der Waals surface area contributed by atoms with Gasteiger partial charge in [0, 0.05) is 11.6 Å². The van der Waals surface area contributed by atoms with E-state index in [1.54, 1.807) is 0 Å². The minimum absolute atomic E-state index is 0.439. The Morgan fingerprint density at radius 2 is 1.29 bits per heavy atom. The third-order valence-electron chi connectivity index (χ3n) is 11.0. The molecule has 9 rings (SSSR count). The zero-order valence-corrected chi connectivity index (χ0v) is 22.2. The van der Waals surface area contributed by atoms with Gasteiger partial charge in [-0.1, -0.05) is 30.3 Å². The van der Waals surface area contributed by atoms with Crippen molar-refractivity contribution in [3.63, 3.8) is 0 Å². The van der Waals surface area contributed by atoms with Crippen LogP contribution in [-0.4, -0.2) is 17.7 Å². The monoisotopic (exact) mass is 477 g/mol. The first-order valence-corrected chi connectivity index (χ1v) is 16.0. The van der Waals surface area contributed by atoms with E-state index in [2.05, 4.69) is 37.3 Å². The van der Waals surface area contributed by atoms with E-state index in [0.29, 0.717) is 10.6 Å².